The summed E-state index contributed by atoms with van der Waals surface area (Å²) in [7, 11) is 0. The van der Waals surface area contributed by atoms with Crippen molar-refractivity contribution in [1.29, 1.82) is 0 Å². The first-order valence-electron chi connectivity index (χ1n) is 15.1. The molecule has 0 aliphatic rings. The summed E-state index contributed by atoms with van der Waals surface area (Å²) in [6, 6.07) is 0. The number of aliphatic carboxylic acids is 4. The third-order valence-corrected chi connectivity index (χ3v) is 11.8. The van der Waals surface area contributed by atoms with Gasteiger partial charge in [0.15, 0.2) is 0 Å². The zero-order valence-electron chi connectivity index (χ0n) is 27.0. The first-order chi connectivity index (χ1) is 18.9. The summed E-state index contributed by atoms with van der Waals surface area (Å²) in [5.41, 5.74) is -0.369. The number of hydrogen-bond acceptors (Lipinski definition) is 8. The third kappa shape index (κ3) is 38.2. The van der Waals surface area contributed by atoms with Gasteiger partial charge in [0.25, 0.3) is 0 Å². The molecule has 9 heteroatoms. The van der Waals surface area contributed by atoms with Crippen LogP contribution in [0.1, 0.15) is 145 Å². The summed E-state index contributed by atoms with van der Waals surface area (Å²) < 4.78 is 1.39. The zero-order chi connectivity index (χ0) is 32.5. The van der Waals surface area contributed by atoms with Crippen molar-refractivity contribution in [2.24, 2.45) is 0 Å². The topological polar surface area (TPSA) is 161 Å². The van der Waals surface area contributed by atoms with Crippen LogP contribution >= 0.6 is 0 Å². The van der Waals surface area contributed by atoms with E-state index in [1.54, 1.807) is 0 Å². The summed E-state index contributed by atoms with van der Waals surface area (Å²) >= 11 is -0.528. The molecule has 0 spiro atoms. The fraction of sp³-hybridized carbons (Fsp3) is 0.750. The quantitative estimate of drug-likeness (QED) is 0.121. The summed E-state index contributed by atoms with van der Waals surface area (Å²) in [4.78, 5) is 41.5. The molecule has 41 heavy (non-hydrogen) atoms. The molecule has 0 fully saturated rings. The Balaban J connectivity index is -0.000000551. The molecule has 0 saturated carbocycles. The SMILES string of the molecule is CCCCCCCC/C(=C/C(=O)[O-])C(=O)[O-].CCCCCCCC/C(=C/C(=O)[O-])C(=O)[O-].C[C](C)(C)[SnH2+4][C](C)(C)C. The van der Waals surface area contributed by atoms with Crippen LogP contribution < -0.4 is 20.4 Å². The second kappa shape index (κ2) is 25.8. The van der Waals surface area contributed by atoms with Crippen LogP contribution in [0.5, 0.6) is 0 Å². The van der Waals surface area contributed by atoms with E-state index in [2.05, 4.69) is 55.4 Å². The van der Waals surface area contributed by atoms with Crippen LogP contribution in [0.15, 0.2) is 23.3 Å². The van der Waals surface area contributed by atoms with E-state index in [-0.39, 0.29) is 24.0 Å². The molecule has 0 amide bonds. The summed E-state index contributed by atoms with van der Waals surface area (Å²) in [5, 5.41) is 41.5. The molecule has 0 aromatic carbocycles. The predicted octanol–water partition coefficient (Wildman–Crippen LogP) is 2.92. The molecule has 0 aliphatic heterocycles. The first kappa shape index (κ1) is 43.6. The van der Waals surface area contributed by atoms with Crippen molar-refractivity contribution >= 4 is 45.0 Å². The Labute approximate surface area is 259 Å². The van der Waals surface area contributed by atoms with E-state index in [4.69, 9.17) is 0 Å². The molecular formula is C32H56O8Sn. The van der Waals surface area contributed by atoms with Gasteiger partial charge >= 0.3 is 69.5 Å². The molecule has 0 N–H and O–H groups in total. The van der Waals surface area contributed by atoms with Gasteiger partial charge in [0, 0.05) is 0 Å². The second-order valence-electron chi connectivity index (χ2n) is 12.9. The van der Waals surface area contributed by atoms with E-state index in [9.17, 15) is 39.6 Å². The van der Waals surface area contributed by atoms with Crippen molar-refractivity contribution in [3.63, 3.8) is 0 Å². The number of carbonyl (C=O) groups is 4. The van der Waals surface area contributed by atoms with E-state index < -0.39 is 45.0 Å². The van der Waals surface area contributed by atoms with Crippen molar-refractivity contribution in [2.75, 3.05) is 0 Å². The van der Waals surface area contributed by atoms with Crippen LogP contribution in [-0.4, -0.2) is 45.0 Å². The van der Waals surface area contributed by atoms with Gasteiger partial charge in [0.05, 0.1) is 23.9 Å². The second-order valence-corrected chi connectivity index (χ2v) is 26.0. The molecule has 0 aromatic heterocycles. The summed E-state index contributed by atoms with van der Waals surface area (Å²) in [6.45, 7) is 18.5. The number of unbranched alkanes of at least 4 members (excludes halogenated alkanes) is 10. The Morgan fingerprint density at radius 2 is 0.780 bits per heavy atom. The molecule has 0 aromatic rings. The molecule has 236 valence electrons. The van der Waals surface area contributed by atoms with Gasteiger partial charge in [-0.2, -0.15) is 0 Å². The van der Waals surface area contributed by atoms with E-state index in [0.717, 1.165) is 51.4 Å². The Kier molecular flexibility index (Phi) is 27.5. The maximum absolute atomic E-state index is 10.5. The molecule has 8 nitrogen and oxygen atoms in total. The van der Waals surface area contributed by atoms with Gasteiger partial charge in [-0.1, -0.05) is 78.1 Å². The predicted molar refractivity (Wildman–Crippen MR) is 160 cm³/mol. The van der Waals surface area contributed by atoms with Crippen molar-refractivity contribution in [2.45, 2.75) is 152 Å². The molecule has 0 bridgehead atoms. The van der Waals surface area contributed by atoms with E-state index in [1.165, 1.54) is 12.8 Å². The number of carbonyl (C=O) groups excluding carboxylic acids is 4. The fourth-order valence-corrected chi connectivity index (χ4v) is 13.6. The van der Waals surface area contributed by atoms with Gasteiger partial charge in [-0.05, 0) is 49.0 Å². The number of carboxylic acid groups (broad SMARTS) is 4. The fourth-order valence-electron chi connectivity index (χ4n) is 4.53. The van der Waals surface area contributed by atoms with Crippen molar-refractivity contribution < 1.29 is 39.6 Å². The Morgan fingerprint density at radius 1 is 0.512 bits per heavy atom. The Morgan fingerprint density at radius 3 is 0.976 bits per heavy atom. The molecule has 0 heterocycles. The van der Waals surface area contributed by atoms with E-state index in [0.29, 0.717) is 31.9 Å². The third-order valence-electron chi connectivity index (χ3n) is 5.77. The monoisotopic (exact) mass is 688 g/mol. The van der Waals surface area contributed by atoms with Crippen molar-refractivity contribution in [1.82, 2.24) is 0 Å². The van der Waals surface area contributed by atoms with Gasteiger partial charge in [0.1, 0.15) is 0 Å². The van der Waals surface area contributed by atoms with Gasteiger partial charge < -0.3 is 39.6 Å². The molecule has 0 atom stereocenters. The average molecular weight is 688 g/mol. The molecule has 0 rings (SSSR count). The van der Waals surface area contributed by atoms with E-state index in [1.807, 2.05) is 0 Å². The summed E-state index contributed by atoms with van der Waals surface area (Å²) in [6.07, 6.45) is 14.0. The minimum atomic E-state index is -1.48. The summed E-state index contributed by atoms with van der Waals surface area (Å²) in [5.74, 6) is -5.80. The standard InChI is InChI=1S/2C12H20O4.2C4H9.Sn.2H/c2*1-2-3-4-5-6-7-8-10(12(15)16)9-11(13)14;2*1-4(2)3;;;/h2*9H,2-8H2,1H3,(H,13,14)(H,15,16);2*1-3H3;;;/q;;;;+4;;/p-4/b2*10-9-;;;;;. The maximum atomic E-state index is 10.5. The first-order valence-corrected chi connectivity index (χ1v) is 19.2. The normalized spacial score (nSPS) is 12.0. The molecule has 0 saturated heterocycles. The van der Waals surface area contributed by atoms with Gasteiger partial charge in [-0.25, -0.2) is 0 Å². The van der Waals surface area contributed by atoms with Crippen molar-refractivity contribution in [3.8, 4) is 0 Å². The van der Waals surface area contributed by atoms with Crippen LogP contribution in [0.3, 0.4) is 0 Å². The van der Waals surface area contributed by atoms with Crippen molar-refractivity contribution in [3.05, 3.63) is 23.3 Å². The van der Waals surface area contributed by atoms with E-state index >= 15 is 0 Å². The molecule has 4 radical (unpaired) electrons. The Hall–Kier alpha value is -1.84. The van der Waals surface area contributed by atoms with Gasteiger partial charge in [0.2, 0.25) is 0 Å². The average Bonchev–Trinajstić information content (AvgIpc) is 2.79. The van der Waals surface area contributed by atoms with Gasteiger partial charge in [-0.15, -0.1) is 0 Å². The Bertz CT molecular complexity index is 735. The number of hydrogen-bond donors (Lipinski definition) is 0. The van der Waals surface area contributed by atoms with Crippen LogP contribution in [-0.2, 0) is 19.2 Å². The van der Waals surface area contributed by atoms with Gasteiger partial charge in [-0.3, -0.25) is 0 Å². The van der Waals surface area contributed by atoms with Crippen LogP contribution in [0.2, 0.25) is 6.86 Å². The zero-order valence-corrected chi connectivity index (χ0v) is 31.1. The number of carboxylic acids is 4. The van der Waals surface area contributed by atoms with Crippen LogP contribution in [0.25, 0.3) is 0 Å². The van der Waals surface area contributed by atoms with Crippen LogP contribution in [0, 0.1) is 0 Å². The molecule has 0 unspecified atom stereocenters. The molecule has 0 aliphatic carbocycles. The number of rotatable bonds is 18. The minimum absolute atomic E-state index is 0.185. The van der Waals surface area contributed by atoms with Crippen LogP contribution in [0.4, 0.5) is 0 Å². The molecular weight excluding hydrogens is 631 g/mol.